The lowest BCUT2D eigenvalue weighted by atomic mass is 10.0. The molecule has 1 atom stereocenters. The van der Waals surface area contributed by atoms with Crippen LogP contribution in [0.3, 0.4) is 0 Å². The molecule has 1 unspecified atom stereocenters. The lowest BCUT2D eigenvalue weighted by molar-refractivity contribution is -0.155. The predicted molar refractivity (Wildman–Crippen MR) is 90.9 cm³/mol. The minimum absolute atomic E-state index is 0.0794. The van der Waals surface area contributed by atoms with Crippen molar-refractivity contribution in [2.75, 3.05) is 19.7 Å². The maximum Gasteiger partial charge on any atom is 0.318 e. The van der Waals surface area contributed by atoms with Crippen molar-refractivity contribution in [1.29, 1.82) is 0 Å². The maximum atomic E-state index is 12.7. The molecule has 8 heteroatoms. The van der Waals surface area contributed by atoms with E-state index in [0.29, 0.717) is 18.9 Å². The minimum atomic E-state index is -0.965. The fourth-order valence-electron chi connectivity index (χ4n) is 2.56. The van der Waals surface area contributed by atoms with Crippen molar-refractivity contribution in [3.8, 4) is 5.69 Å². The SMILES string of the molecule is CCOC(=O)C(Cc1nnnn1-c1ccccc1)C(=O)N(CC)CC. The van der Waals surface area contributed by atoms with Gasteiger partial charge >= 0.3 is 5.97 Å². The number of para-hydroxylation sites is 1. The highest BCUT2D eigenvalue weighted by Crippen LogP contribution is 2.15. The molecule has 0 radical (unpaired) electrons. The van der Waals surface area contributed by atoms with Crippen molar-refractivity contribution in [3.05, 3.63) is 36.2 Å². The van der Waals surface area contributed by atoms with Gasteiger partial charge in [0.25, 0.3) is 0 Å². The molecule has 1 amide bonds. The van der Waals surface area contributed by atoms with E-state index in [1.165, 1.54) is 4.68 Å². The van der Waals surface area contributed by atoms with Crippen molar-refractivity contribution >= 4 is 11.9 Å². The number of esters is 1. The number of carbonyl (C=O) groups excluding carboxylic acids is 2. The van der Waals surface area contributed by atoms with E-state index in [-0.39, 0.29) is 18.9 Å². The third kappa shape index (κ3) is 4.40. The van der Waals surface area contributed by atoms with E-state index in [1.807, 2.05) is 44.2 Å². The van der Waals surface area contributed by atoms with Crippen LogP contribution in [-0.2, 0) is 20.7 Å². The van der Waals surface area contributed by atoms with E-state index in [0.717, 1.165) is 5.69 Å². The van der Waals surface area contributed by atoms with Crippen molar-refractivity contribution in [2.45, 2.75) is 27.2 Å². The van der Waals surface area contributed by atoms with Crippen molar-refractivity contribution < 1.29 is 14.3 Å². The van der Waals surface area contributed by atoms with Gasteiger partial charge in [0.15, 0.2) is 5.82 Å². The summed E-state index contributed by atoms with van der Waals surface area (Å²) < 4.78 is 6.62. The summed E-state index contributed by atoms with van der Waals surface area (Å²) in [6.07, 6.45) is 0.0794. The van der Waals surface area contributed by atoms with Gasteiger partial charge < -0.3 is 9.64 Å². The molecule has 1 heterocycles. The van der Waals surface area contributed by atoms with E-state index in [4.69, 9.17) is 4.74 Å². The van der Waals surface area contributed by atoms with Crippen LogP contribution in [0, 0.1) is 5.92 Å². The van der Waals surface area contributed by atoms with Gasteiger partial charge in [0.1, 0.15) is 5.92 Å². The van der Waals surface area contributed by atoms with Crippen molar-refractivity contribution in [1.82, 2.24) is 25.1 Å². The Hall–Kier alpha value is -2.77. The first kappa shape index (κ1) is 18.6. The summed E-state index contributed by atoms with van der Waals surface area (Å²) in [6, 6.07) is 9.32. The number of rotatable bonds is 8. The largest absolute Gasteiger partial charge is 0.465 e. The maximum absolute atomic E-state index is 12.7. The number of hydrogen-bond acceptors (Lipinski definition) is 6. The van der Waals surface area contributed by atoms with Gasteiger partial charge in [-0.05, 0) is 43.3 Å². The molecular weight excluding hydrogens is 322 g/mol. The number of tetrazole rings is 1. The summed E-state index contributed by atoms with van der Waals surface area (Å²) in [5.41, 5.74) is 0.764. The Morgan fingerprint density at radius 1 is 1.16 bits per heavy atom. The standard InChI is InChI=1S/C17H23N5O3/c1-4-21(5-2)16(23)14(17(24)25-6-3)12-15-18-19-20-22(15)13-10-8-7-9-11-13/h7-11,14H,4-6,12H2,1-3H3. The second-order valence-electron chi connectivity index (χ2n) is 5.36. The average molecular weight is 345 g/mol. The first-order valence-corrected chi connectivity index (χ1v) is 8.40. The Bertz CT molecular complexity index is 697. The zero-order valence-corrected chi connectivity index (χ0v) is 14.8. The van der Waals surface area contributed by atoms with Gasteiger partial charge in [-0.15, -0.1) is 5.10 Å². The molecule has 0 N–H and O–H groups in total. The Kier molecular flexibility index (Phi) is 6.62. The summed E-state index contributed by atoms with van der Waals surface area (Å²) in [5, 5.41) is 11.6. The number of amides is 1. The molecule has 0 aliphatic carbocycles. The zero-order chi connectivity index (χ0) is 18.2. The molecule has 0 saturated carbocycles. The molecule has 25 heavy (non-hydrogen) atoms. The molecule has 1 aromatic heterocycles. The van der Waals surface area contributed by atoms with E-state index in [1.54, 1.807) is 11.8 Å². The molecule has 1 aromatic carbocycles. The summed E-state index contributed by atoms with van der Waals surface area (Å²) in [5.74, 6) is -1.36. The van der Waals surface area contributed by atoms with Crippen LogP contribution in [0.25, 0.3) is 5.69 Å². The van der Waals surface area contributed by atoms with E-state index >= 15 is 0 Å². The molecule has 2 aromatic rings. The fraction of sp³-hybridized carbons (Fsp3) is 0.471. The molecule has 0 bridgehead atoms. The Balaban J connectivity index is 2.30. The van der Waals surface area contributed by atoms with Crippen LogP contribution in [0.5, 0.6) is 0 Å². The van der Waals surface area contributed by atoms with Gasteiger partial charge in [0, 0.05) is 19.5 Å². The van der Waals surface area contributed by atoms with Crippen LogP contribution in [0.1, 0.15) is 26.6 Å². The number of carbonyl (C=O) groups is 2. The van der Waals surface area contributed by atoms with Crippen LogP contribution in [-0.4, -0.2) is 56.7 Å². The van der Waals surface area contributed by atoms with E-state index in [2.05, 4.69) is 15.5 Å². The first-order valence-electron chi connectivity index (χ1n) is 8.40. The quantitative estimate of drug-likeness (QED) is 0.528. The topological polar surface area (TPSA) is 90.2 Å². The van der Waals surface area contributed by atoms with Crippen LogP contribution in [0.2, 0.25) is 0 Å². The number of ether oxygens (including phenoxy) is 1. The van der Waals surface area contributed by atoms with E-state index < -0.39 is 11.9 Å². The first-order chi connectivity index (χ1) is 12.1. The van der Waals surface area contributed by atoms with Crippen LogP contribution in [0.4, 0.5) is 0 Å². The molecule has 0 fully saturated rings. The minimum Gasteiger partial charge on any atom is -0.465 e. The normalized spacial score (nSPS) is 11.8. The molecule has 0 saturated heterocycles. The molecule has 0 aliphatic rings. The van der Waals surface area contributed by atoms with Gasteiger partial charge in [0.2, 0.25) is 5.91 Å². The van der Waals surface area contributed by atoms with Gasteiger partial charge in [0.05, 0.1) is 12.3 Å². The molecule has 0 aliphatic heterocycles. The van der Waals surface area contributed by atoms with Crippen molar-refractivity contribution in [2.24, 2.45) is 5.92 Å². The highest BCUT2D eigenvalue weighted by atomic mass is 16.5. The summed E-state index contributed by atoms with van der Waals surface area (Å²) in [6.45, 7) is 6.72. The third-order valence-corrected chi connectivity index (χ3v) is 3.87. The molecule has 2 rings (SSSR count). The highest BCUT2D eigenvalue weighted by molar-refractivity contribution is 5.98. The van der Waals surface area contributed by atoms with Crippen LogP contribution >= 0.6 is 0 Å². The van der Waals surface area contributed by atoms with Crippen LogP contribution in [0.15, 0.2) is 30.3 Å². The van der Waals surface area contributed by atoms with Gasteiger partial charge in [-0.25, -0.2) is 0 Å². The number of nitrogens with zero attached hydrogens (tertiary/aromatic N) is 5. The second-order valence-corrected chi connectivity index (χ2v) is 5.36. The Labute approximate surface area is 146 Å². The Morgan fingerprint density at radius 3 is 2.44 bits per heavy atom. The third-order valence-electron chi connectivity index (χ3n) is 3.87. The lowest BCUT2D eigenvalue weighted by Gasteiger charge is -2.23. The van der Waals surface area contributed by atoms with E-state index in [9.17, 15) is 9.59 Å². The fourth-order valence-corrected chi connectivity index (χ4v) is 2.56. The molecule has 0 spiro atoms. The lowest BCUT2D eigenvalue weighted by Crippen LogP contribution is -2.41. The number of aromatic nitrogens is 4. The molecular formula is C17H23N5O3. The van der Waals surface area contributed by atoms with Gasteiger partial charge in [-0.1, -0.05) is 18.2 Å². The molecule has 8 nitrogen and oxygen atoms in total. The summed E-state index contributed by atoms with van der Waals surface area (Å²) in [7, 11) is 0. The van der Waals surface area contributed by atoms with Gasteiger partial charge in [-0.3, -0.25) is 9.59 Å². The van der Waals surface area contributed by atoms with Crippen LogP contribution < -0.4 is 0 Å². The highest BCUT2D eigenvalue weighted by Gasteiger charge is 2.33. The zero-order valence-electron chi connectivity index (χ0n) is 14.8. The van der Waals surface area contributed by atoms with Gasteiger partial charge in [-0.2, -0.15) is 4.68 Å². The average Bonchev–Trinajstić information content (AvgIpc) is 3.09. The predicted octanol–water partition coefficient (Wildman–Crippen LogP) is 1.25. The Morgan fingerprint density at radius 2 is 1.84 bits per heavy atom. The smallest absolute Gasteiger partial charge is 0.318 e. The van der Waals surface area contributed by atoms with Crippen molar-refractivity contribution in [3.63, 3.8) is 0 Å². The number of benzene rings is 1. The monoisotopic (exact) mass is 345 g/mol. The number of hydrogen-bond donors (Lipinski definition) is 0. The molecule has 134 valence electrons. The summed E-state index contributed by atoms with van der Waals surface area (Å²) in [4.78, 5) is 26.7. The second kappa shape index (κ2) is 8.91. The summed E-state index contributed by atoms with van der Waals surface area (Å²) >= 11 is 0.